The van der Waals surface area contributed by atoms with Crippen LogP contribution in [0.5, 0.6) is 0 Å². The highest BCUT2D eigenvalue weighted by Gasteiger charge is 2.44. The Morgan fingerprint density at radius 1 is 1.58 bits per heavy atom. The molecule has 0 radical (unpaired) electrons. The Labute approximate surface area is 71.9 Å². The minimum Gasteiger partial charge on any atom is -0.262 e. The van der Waals surface area contributed by atoms with E-state index in [1.165, 1.54) is 0 Å². The van der Waals surface area contributed by atoms with Crippen LogP contribution in [0.25, 0.3) is 0 Å². The zero-order valence-electron chi connectivity index (χ0n) is 7.04. The summed E-state index contributed by atoms with van der Waals surface area (Å²) in [5.41, 5.74) is 1.97. The van der Waals surface area contributed by atoms with Crippen molar-refractivity contribution in [2.45, 2.75) is 25.2 Å². The molecule has 1 aromatic heterocycles. The molecular weight excluding hydrogens is 148 g/mol. The number of hydrogen-bond donors (Lipinski definition) is 0. The summed E-state index contributed by atoms with van der Waals surface area (Å²) in [6.45, 7) is 1.96. The summed E-state index contributed by atoms with van der Waals surface area (Å²) < 4.78 is 0. The van der Waals surface area contributed by atoms with Crippen molar-refractivity contribution in [1.29, 1.82) is 5.26 Å². The third-order valence-corrected chi connectivity index (χ3v) is 2.41. The van der Waals surface area contributed by atoms with Gasteiger partial charge >= 0.3 is 0 Å². The Bertz CT molecular complexity index is 345. The van der Waals surface area contributed by atoms with Crippen LogP contribution in [0.3, 0.4) is 0 Å². The Morgan fingerprint density at radius 2 is 2.33 bits per heavy atom. The van der Waals surface area contributed by atoms with Gasteiger partial charge in [0.2, 0.25) is 0 Å². The van der Waals surface area contributed by atoms with Crippen LogP contribution >= 0.6 is 0 Å². The molecule has 0 amide bonds. The second kappa shape index (κ2) is 2.31. The third-order valence-electron chi connectivity index (χ3n) is 2.41. The Hall–Kier alpha value is -1.36. The second-order valence-electron chi connectivity index (χ2n) is 3.38. The lowest BCUT2D eigenvalue weighted by Gasteiger charge is -2.05. The van der Waals surface area contributed by atoms with Gasteiger partial charge in [0.25, 0.3) is 0 Å². The first-order valence-corrected chi connectivity index (χ1v) is 4.11. The molecule has 60 valence electrons. The van der Waals surface area contributed by atoms with Crippen LogP contribution in [0.15, 0.2) is 18.3 Å². The lowest BCUT2D eigenvalue weighted by atomic mass is 9.98. The monoisotopic (exact) mass is 158 g/mol. The molecule has 1 saturated carbocycles. The lowest BCUT2D eigenvalue weighted by Crippen LogP contribution is -2.02. The molecule has 0 bridgehead atoms. The topological polar surface area (TPSA) is 36.7 Å². The van der Waals surface area contributed by atoms with Gasteiger partial charge in [-0.2, -0.15) is 5.26 Å². The van der Waals surface area contributed by atoms with Crippen molar-refractivity contribution in [2.24, 2.45) is 0 Å². The van der Waals surface area contributed by atoms with Gasteiger partial charge in [-0.15, -0.1) is 0 Å². The van der Waals surface area contributed by atoms with Gasteiger partial charge in [0.05, 0.1) is 11.5 Å². The zero-order chi connectivity index (χ0) is 8.60. The maximum Gasteiger partial charge on any atom is 0.0825 e. The van der Waals surface area contributed by atoms with Gasteiger partial charge in [-0.3, -0.25) is 4.98 Å². The van der Waals surface area contributed by atoms with Gasteiger partial charge in [-0.25, -0.2) is 0 Å². The largest absolute Gasteiger partial charge is 0.262 e. The van der Waals surface area contributed by atoms with Gasteiger partial charge < -0.3 is 0 Å². The first kappa shape index (κ1) is 7.30. The van der Waals surface area contributed by atoms with Crippen LogP contribution in [-0.2, 0) is 5.41 Å². The fraction of sp³-hybridized carbons (Fsp3) is 0.400. The highest BCUT2D eigenvalue weighted by atomic mass is 14.7. The number of nitrogens with zero attached hydrogens (tertiary/aromatic N) is 2. The molecule has 1 aromatic rings. The molecule has 1 fully saturated rings. The molecule has 0 unspecified atom stereocenters. The number of aryl methyl sites for hydroxylation is 1. The molecule has 0 aromatic carbocycles. The molecule has 1 aliphatic rings. The van der Waals surface area contributed by atoms with Gasteiger partial charge in [-0.1, -0.05) is 0 Å². The Kier molecular flexibility index (Phi) is 1.41. The van der Waals surface area contributed by atoms with E-state index in [1.807, 2.05) is 19.1 Å². The van der Waals surface area contributed by atoms with Crippen molar-refractivity contribution in [3.8, 4) is 6.07 Å². The minimum absolute atomic E-state index is 0.159. The number of aromatic nitrogens is 1. The average molecular weight is 158 g/mol. The molecule has 1 aliphatic carbocycles. The van der Waals surface area contributed by atoms with Crippen molar-refractivity contribution < 1.29 is 0 Å². The Balaban J connectivity index is 2.42. The van der Waals surface area contributed by atoms with Crippen LogP contribution in [0.2, 0.25) is 0 Å². The number of rotatable bonds is 1. The molecule has 12 heavy (non-hydrogen) atoms. The molecule has 0 saturated heterocycles. The second-order valence-corrected chi connectivity index (χ2v) is 3.38. The first-order chi connectivity index (χ1) is 5.77. The van der Waals surface area contributed by atoms with Gasteiger partial charge in [-0.05, 0) is 37.5 Å². The predicted octanol–water partition coefficient (Wildman–Crippen LogP) is 1.95. The highest BCUT2D eigenvalue weighted by Crippen LogP contribution is 2.47. The average Bonchev–Trinajstić information content (AvgIpc) is 2.84. The smallest absolute Gasteiger partial charge is 0.0825 e. The summed E-state index contributed by atoms with van der Waals surface area (Å²) in [5, 5.41) is 8.93. The predicted molar refractivity (Wildman–Crippen MR) is 45.5 cm³/mol. The standard InChI is InChI=1S/C10H10N2/c1-8-6-9(2-5-12-8)10(7-11)3-4-10/h2,5-6H,3-4H2,1H3. The van der Waals surface area contributed by atoms with E-state index in [9.17, 15) is 0 Å². The summed E-state index contributed by atoms with van der Waals surface area (Å²) in [6, 6.07) is 6.33. The molecule has 2 rings (SSSR count). The van der Waals surface area contributed by atoms with Crippen molar-refractivity contribution in [2.75, 3.05) is 0 Å². The Morgan fingerprint density at radius 3 is 2.83 bits per heavy atom. The van der Waals surface area contributed by atoms with E-state index in [0.717, 1.165) is 24.1 Å². The maximum absolute atomic E-state index is 8.93. The molecule has 2 nitrogen and oxygen atoms in total. The minimum atomic E-state index is -0.159. The molecule has 0 N–H and O–H groups in total. The van der Waals surface area contributed by atoms with Crippen LogP contribution in [0.4, 0.5) is 0 Å². The third kappa shape index (κ3) is 0.984. The SMILES string of the molecule is Cc1cc(C2(C#N)CC2)ccn1. The van der Waals surface area contributed by atoms with Gasteiger partial charge in [0.15, 0.2) is 0 Å². The highest BCUT2D eigenvalue weighted by molar-refractivity contribution is 5.38. The van der Waals surface area contributed by atoms with E-state index < -0.39 is 0 Å². The zero-order valence-corrected chi connectivity index (χ0v) is 7.04. The van der Waals surface area contributed by atoms with Crippen LogP contribution in [0.1, 0.15) is 24.1 Å². The van der Waals surface area contributed by atoms with E-state index in [1.54, 1.807) is 6.20 Å². The molecule has 0 spiro atoms. The quantitative estimate of drug-likeness (QED) is 0.626. The summed E-state index contributed by atoms with van der Waals surface area (Å²) in [5.74, 6) is 0. The molecular formula is C10H10N2. The van der Waals surface area contributed by atoms with E-state index >= 15 is 0 Å². The van der Waals surface area contributed by atoms with Gasteiger partial charge in [0, 0.05) is 11.9 Å². The van der Waals surface area contributed by atoms with Crippen LogP contribution in [-0.4, -0.2) is 4.98 Å². The number of hydrogen-bond acceptors (Lipinski definition) is 2. The van der Waals surface area contributed by atoms with E-state index in [0.29, 0.717) is 0 Å². The fourth-order valence-electron chi connectivity index (χ4n) is 1.43. The van der Waals surface area contributed by atoms with Crippen LogP contribution < -0.4 is 0 Å². The summed E-state index contributed by atoms with van der Waals surface area (Å²) in [4.78, 5) is 4.11. The van der Waals surface area contributed by atoms with Crippen molar-refractivity contribution in [3.05, 3.63) is 29.6 Å². The summed E-state index contributed by atoms with van der Waals surface area (Å²) >= 11 is 0. The van der Waals surface area contributed by atoms with Crippen molar-refractivity contribution in [1.82, 2.24) is 4.98 Å². The summed E-state index contributed by atoms with van der Waals surface area (Å²) in [7, 11) is 0. The van der Waals surface area contributed by atoms with Crippen molar-refractivity contribution >= 4 is 0 Å². The molecule has 0 aliphatic heterocycles. The van der Waals surface area contributed by atoms with Crippen molar-refractivity contribution in [3.63, 3.8) is 0 Å². The molecule has 2 heteroatoms. The molecule has 1 heterocycles. The van der Waals surface area contributed by atoms with Gasteiger partial charge in [0.1, 0.15) is 0 Å². The van der Waals surface area contributed by atoms with E-state index in [4.69, 9.17) is 5.26 Å². The van der Waals surface area contributed by atoms with E-state index in [2.05, 4.69) is 11.1 Å². The number of pyridine rings is 1. The van der Waals surface area contributed by atoms with Crippen LogP contribution in [0, 0.1) is 18.3 Å². The fourth-order valence-corrected chi connectivity index (χ4v) is 1.43. The lowest BCUT2D eigenvalue weighted by molar-refractivity contribution is 0.898. The molecule has 0 atom stereocenters. The first-order valence-electron chi connectivity index (χ1n) is 4.11. The normalized spacial score (nSPS) is 18.3. The maximum atomic E-state index is 8.93. The number of nitriles is 1. The van der Waals surface area contributed by atoms with E-state index in [-0.39, 0.29) is 5.41 Å². The summed E-state index contributed by atoms with van der Waals surface area (Å²) in [6.07, 6.45) is 3.79.